The Kier molecular flexibility index (Phi) is 4.55. The zero-order valence-electron chi connectivity index (χ0n) is 9.26. The van der Waals surface area contributed by atoms with Crippen LogP contribution in [0.2, 0.25) is 5.02 Å². The second-order valence-electron chi connectivity index (χ2n) is 3.98. The molecule has 0 fully saturated rings. The molecule has 0 amide bonds. The van der Waals surface area contributed by atoms with Gasteiger partial charge in [-0.15, -0.1) is 0 Å². The Morgan fingerprint density at radius 1 is 1.40 bits per heavy atom. The number of halogens is 2. The Balaban J connectivity index is 2.95. The molecule has 1 aromatic rings. The number of ether oxygens (including phenoxy) is 1. The van der Waals surface area contributed by atoms with Crippen molar-refractivity contribution in [1.29, 1.82) is 0 Å². The summed E-state index contributed by atoms with van der Waals surface area (Å²) >= 11 is 5.75. The van der Waals surface area contributed by atoms with Gasteiger partial charge in [0.15, 0.2) is 0 Å². The fourth-order valence-electron chi connectivity index (χ4n) is 1.60. The van der Waals surface area contributed by atoms with Crippen LogP contribution in [0.1, 0.15) is 25.3 Å². The molecule has 0 aliphatic carbocycles. The highest BCUT2D eigenvalue weighted by molar-refractivity contribution is 6.30. The molecule has 0 spiro atoms. The van der Waals surface area contributed by atoms with Crippen molar-refractivity contribution in [3.05, 3.63) is 34.6 Å². The summed E-state index contributed by atoms with van der Waals surface area (Å²) in [5.74, 6) is 0.319. The molecule has 0 heterocycles. The SMILES string of the molecule is COCC(c1ccc(F)c(Cl)c1)C(C)C. The third kappa shape index (κ3) is 3.18. The maximum Gasteiger partial charge on any atom is 0.141 e. The molecule has 1 atom stereocenters. The normalized spacial score (nSPS) is 13.2. The van der Waals surface area contributed by atoms with E-state index in [-0.39, 0.29) is 16.8 Å². The molecule has 0 aliphatic heterocycles. The third-order valence-electron chi connectivity index (χ3n) is 2.52. The number of hydrogen-bond donors (Lipinski definition) is 0. The van der Waals surface area contributed by atoms with Gasteiger partial charge >= 0.3 is 0 Å². The summed E-state index contributed by atoms with van der Waals surface area (Å²) in [4.78, 5) is 0. The van der Waals surface area contributed by atoms with Crippen molar-refractivity contribution in [2.75, 3.05) is 13.7 Å². The first kappa shape index (κ1) is 12.5. The van der Waals surface area contributed by atoms with E-state index < -0.39 is 0 Å². The highest BCUT2D eigenvalue weighted by atomic mass is 35.5. The van der Waals surface area contributed by atoms with Crippen LogP contribution in [0.25, 0.3) is 0 Å². The predicted molar refractivity (Wildman–Crippen MR) is 60.9 cm³/mol. The van der Waals surface area contributed by atoms with Crippen molar-refractivity contribution in [3.63, 3.8) is 0 Å². The first-order chi connectivity index (χ1) is 7.06. The molecule has 1 unspecified atom stereocenters. The lowest BCUT2D eigenvalue weighted by atomic mass is 9.89. The van der Waals surface area contributed by atoms with Gasteiger partial charge in [0.2, 0.25) is 0 Å². The number of hydrogen-bond acceptors (Lipinski definition) is 1. The Labute approximate surface area is 95.2 Å². The fourth-order valence-corrected chi connectivity index (χ4v) is 1.79. The fraction of sp³-hybridized carbons (Fsp3) is 0.500. The largest absolute Gasteiger partial charge is 0.384 e. The maximum atomic E-state index is 13.0. The van der Waals surface area contributed by atoms with E-state index in [0.717, 1.165) is 5.56 Å². The molecule has 1 rings (SSSR count). The summed E-state index contributed by atoms with van der Waals surface area (Å²) in [7, 11) is 1.67. The van der Waals surface area contributed by atoms with E-state index in [9.17, 15) is 4.39 Å². The summed E-state index contributed by atoms with van der Waals surface area (Å²) in [6, 6.07) is 4.86. The lowest BCUT2D eigenvalue weighted by molar-refractivity contribution is 0.162. The van der Waals surface area contributed by atoms with Gasteiger partial charge in [-0.05, 0) is 23.6 Å². The van der Waals surface area contributed by atoms with E-state index in [2.05, 4.69) is 13.8 Å². The van der Waals surface area contributed by atoms with Crippen LogP contribution in [-0.4, -0.2) is 13.7 Å². The van der Waals surface area contributed by atoms with Crippen molar-refractivity contribution in [1.82, 2.24) is 0 Å². The van der Waals surface area contributed by atoms with Gasteiger partial charge in [0.25, 0.3) is 0 Å². The van der Waals surface area contributed by atoms with E-state index >= 15 is 0 Å². The van der Waals surface area contributed by atoms with E-state index in [1.165, 1.54) is 6.07 Å². The average molecular weight is 231 g/mol. The quantitative estimate of drug-likeness (QED) is 0.763. The lowest BCUT2D eigenvalue weighted by Crippen LogP contribution is -2.13. The van der Waals surface area contributed by atoms with Gasteiger partial charge in [0.1, 0.15) is 5.82 Å². The highest BCUT2D eigenvalue weighted by Crippen LogP contribution is 2.27. The monoisotopic (exact) mass is 230 g/mol. The molecule has 3 heteroatoms. The van der Waals surface area contributed by atoms with Crippen molar-refractivity contribution in [3.8, 4) is 0 Å². The highest BCUT2D eigenvalue weighted by Gasteiger charge is 2.16. The summed E-state index contributed by atoms with van der Waals surface area (Å²) in [6.07, 6.45) is 0. The zero-order chi connectivity index (χ0) is 11.4. The number of rotatable bonds is 4. The molecule has 0 N–H and O–H groups in total. The Morgan fingerprint density at radius 3 is 2.53 bits per heavy atom. The minimum Gasteiger partial charge on any atom is -0.384 e. The summed E-state index contributed by atoms with van der Waals surface area (Å²) in [5.41, 5.74) is 1.03. The van der Waals surface area contributed by atoms with Crippen LogP contribution in [0.5, 0.6) is 0 Å². The smallest absolute Gasteiger partial charge is 0.141 e. The molecular formula is C12H16ClFO. The third-order valence-corrected chi connectivity index (χ3v) is 2.81. The molecule has 0 bridgehead atoms. The first-order valence-corrected chi connectivity index (χ1v) is 5.38. The second-order valence-corrected chi connectivity index (χ2v) is 4.39. The topological polar surface area (TPSA) is 9.23 Å². The standard InChI is InChI=1S/C12H16ClFO/c1-8(2)10(7-15-3)9-4-5-12(14)11(13)6-9/h4-6,8,10H,7H2,1-3H3. The zero-order valence-corrected chi connectivity index (χ0v) is 10.0. The number of methoxy groups -OCH3 is 1. The molecule has 0 aromatic heterocycles. The van der Waals surface area contributed by atoms with E-state index in [1.807, 2.05) is 0 Å². The van der Waals surface area contributed by atoms with Crippen LogP contribution >= 0.6 is 11.6 Å². The van der Waals surface area contributed by atoms with Crippen LogP contribution < -0.4 is 0 Å². The van der Waals surface area contributed by atoms with Crippen molar-refractivity contribution < 1.29 is 9.13 Å². The molecule has 0 aliphatic rings. The Morgan fingerprint density at radius 2 is 2.07 bits per heavy atom. The van der Waals surface area contributed by atoms with Gasteiger partial charge < -0.3 is 4.74 Å². The Bertz CT molecular complexity index is 325. The molecule has 0 saturated carbocycles. The molecule has 15 heavy (non-hydrogen) atoms. The van der Waals surface area contributed by atoms with Crippen molar-refractivity contribution >= 4 is 11.6 Å². The second kappa shape index (κ2) is 5.47. The molecular weight excluding hydrogens is 215 g/mol. The molecule has 84 valence electrons. The maximum absolute atomic E-state index is 13.0. The van der Waals surface area contributed by atoms with Gasteiger partial charge in [0.05, 0.1) is 11.6 Å². The van der Waals surface area contributed by atoms with Crippen LogP contribution in [-0.2, 0) is 4.74 Å². The lowest BCUT2D eigenvalue weighted by Gasteiger charge is -2.20. The molecule has 0 saturated heterocycles. The van der Waals surface area contributed by atoms with Crippen molar-refractivity contribution in [2.45, 2.75) is 19.8 Å². The summed E-state index contributed by atoms with van der Waals surface area (Å²) in [5, 5.41) is 0.175. The van der Waals surface area contributed by atoms with Crippen LogP contribution in [0.3, 0.4) is 0 Å². The predicted octanol–water partition coefficient (Wildman–Crippen LogP) is 3.87. The first-order valence-electron chi connectivity index (χ1n) is 5.00. The van der Waals surface area contributed by atoms with Gasteiger partial charge in [0, 0.05) is 13.0 Å². The minimum atomic E-state index is -0.375. The van der Waals surface area contributed by atoms with Gasteiger partial charge in [-0.25, -0.2) is 4.39 Å². The van der Waals surface area contributed by atoms with Crippen LogP contribution in [0, 0.1) is 11.7 Å². The molecule has 1 aromatic carbocycles. The van der Waals surface area contributed by atoms with E-state index in [1.54, 1.807) is 19.2 Å². The Hall–Kier alpha value is -0.600. The van der Waals surface area contributed by atoms with E-state index in [4.69, 9.17) is 16.3 Å². The van der Waals surface area contributed by atoms with Gasteiger partial charge in [-0.1, -0.05) is 31.5 Å². The minimum absolute atomic E-state index is 0.175. The van der Waals surface area contributed by atoms with Crippen molar-refractivity contribution in [2.24, 2.45) is 5.92 Å². The van der Waals surface area contributed by atoms with E-state index in [0.29, 0.717) is 12.5 Å². The van der Waals surface area contributed by atoms with Crippen LogP contribution in [0.4, 0.5) is 4.39 Å². The molecule has 0 radical (unpaired) electrons. The average Bonchev–Trinajstić information content (AvgIpc) is 2.18. The number of benzene rings is 1. The van der Waals surface area contributed by atoms with Gasteiger partial charge in [-0.3, -0.25) is 0 Å². The molecule has 1 nitrogen and oxygen atoms in total. The summed E-state index contributed by atoms with van der Waals surface area (Å²) in [6.45, 7) is 4.85. The summed E-state index contributed by atoms with van der Waals surface area (Å²) < 4.78 is 18.1. The van der Waals surface area contributed by atoms with Gasteiger partial charge in [-0.2, -0.15) is 0 Å². The van der Waals surface area contributed by atoms with Crippen LogP contribution in [0.15, 0.2) is 18.2 Å².